The first-order chi connectivity index (χ1) is 8.08. The summed E-state index contributed by atoms with van der Waals surface area (Å²) in [5, 5.41) is 3.31. The average Bonchev–Trinajstić information content (AvgIpc) is 2.34. The van der Waals surface area contributed by atoms with Gasteiger partial charge in [-0.05, 0) is 17.7 Å². The monoisotopic (exact) mass is 238 g/mol. The number of rotatable bonds is 6. The van der Waals surface area contributed by atoms with Crippen molar-refractivity contribution in [3.63, 3.8) is 0 Å². The predicted molar refractivity (Wildman–Crippen MR) is 69.6 cm³/mol. The molecule has 1 rings (SSSR count). The van der Waals surface area contributed by atoms with Gasteiger partial charge < -0.3 is 20.5 Å². The number of nitrogens with one attached hydrogen (secondary N) is 1. The molecule has 0 saturated carbocycles. The second-order valence-electron chi connectivity index (χ2n) is 4.28. The lowest BCUT2D eigenvalue weighted by molar-refractivity contribution is 0.354. The molecule has 0 aromatic heterocycles. The first-order valence-electron chi connectivity index (χ1n) is 5.79. The predicted octanol–water partition coefficient (Wildman–Crippen LogP) is 1.70. The van der Waals surface area contributed by atoms with Crippen molar-refractivity contribution in [2.75, 3.05) is 20.8 Å². The molecule has 0 aliphatic carbocycles. The topological polar surface area (TPSA) is 56.5 Å². The number of ether oxygens (including phenoxy) is 2. The third-order valence-corrected chi connectivity index (χ3v) is 2.58. The smallest absolute Gasteiger partial charge is 0.161 e. The molecular formula is C13H22N2O2. The van der Waals surface area contributed by atoms with Gasteiger partial charge in [0, 0.05) is 18.6 Å². The Hall–Kier alpha value is -1.26. The summed E-state index contributed by atoms with van der Waals surface area (Å²) in [6.07, 6.45) is 0. The van der Waals surface area contributed by atoms with Crippen molar-refractivity contribution in [3.8, 4) is 11.5 Å². The van der Waals surface area contributed by atoms with Gasteiger partial charge in [-0.2, -0.15) is 0 Å². The Kier molecular flexibility index (Phi) is 5.25. The Balaban J connectivity index is 2.77. The van der Waals surface area contributed by atoms with E-state index in [0.29, 0.717) is 11.8 Å². The van der Waals surface area contributed by atoms with Gasteiger partial charge >= 0.3 is 0 Å². The molecule has 0 fully saturated rings. The SMILES string of the molecule is COc1ccc(C(N)CNC(C)C)cc1OC. The summed E-state index contributed by atoms with van der Waals surface area (Å²) in [4.78, 5) is 0. The maximum atomic E-state index is 6.10. The van der Waals surface area contributed by atoms with E-state index in [9.17, 15) is 0 Å². The van der Waals surface area contributed by atoms with E-state index in [0.717, 1.165) is 17.9 Å². The third kappa shape index (κ3) is 3.91. The van der Waals surface area contributed by atoms with Gasteiger partial charge in [-0.3, -0.25) is 0 Å². The molecular weight excluding hydrogens is 216 g/mol. The van der Waals surface area contributed by atoms with E-state index < -0.39 is 0 Å². The quantitative estimate of drug-likeness (QED) is 0.792. The first kappa shape index (κ1) is 13.8. The highest BCUT2D eigenvalue weighted by Gasteiger charge is 2.10. The molecule has 1 unspecified atom stereocenters. The Bertz CT molecular complexity index is 353. The van der Waals surface area contributed by atoms with Crippen molar-refractivity contribution >= 4 is 0 Å². The van der Waals surface area contributed by atoms with Gasteiger partial charge in [0.15, 0.2) is 11.5 Å². The molecule has 3 N–H and O–H groups in total. The van der Waals surface area contributed by atoms with Crippen LogP contribution in [0.5, 0.6) is 11.5 Å². The Labute approximate surface area is 103 Å². The molecule has 0 amide bonds. The molecule has 0 aliphatic heterocycles. The van der Waals surface area contributed by atoms with Crippen molar-refractivity contribution < 1.29 is 9.47 Å². The largest absolute Gasteiger partial charge is 0.493 e. The van der Waals surface area contributed by atoms with Crippen LogP contribution in [0.25, 0.3) is 0 Å². The fourth-order valence-corrected chi connectivity index (χ4v) is 1.56. The van der Waals surface area contributed by atoms with Gasteiger partial charge in [-0.25, -0.2) is 0 Å². The fraction of sp³-hybridized carbons (Fsp3) is 0.538. The van der Waals surface area contributed by atoms with Crippen molar-refractivity contribution in [2.24, 2.45) is 5.73 Å². The normalized spacial score (nSPS) is 12.6. The van der Waals surface area contributed by atoms with E-state index in [4.69, 9.17) is 15.2 Å². The summed E-state index contributed by atoms with van der Waals surface area (Å²) in [6.45, 7) is 4.94. The van der Waals surface area contributed by atoms with Crippen LogP contribution >= 0.6 is 0 Å². The van der Waals surface area contributed by atoms with Crippen molar-refractivity contribution in [2.45, 2.75) is 25.9 Å². The van der Waals surface area contributed by atoms with Gasteiger partial charge in [-0.15, -0.1) is 0 Å². The van der Waals surface area contributed by atoms with Crippen molar-refractivity contribution in [3.05, 3.63) is 23.8 Å². The number of hydrogen-bond donors (Lipinski definition) is 2. The second-order valence-corrected chi connectivity index (χ2v) is 4.28. The average molecular weight is 238 g/mol. The minimum absolute atomic E-state index is 0.0443. The highest BCUT2D eigenvalue weighted by molar-refractivity contribution is 5.43. The summed E-state index contributed by atoms with van der Waals surface area (Å²) in [6, 6.07) is 6.15. The minimum atomic E-state index is -0.0443. The van der Waals surface area contributed by atoms with E-state index >= 15 is 0 Å². The van der Waals surface area contributed by atoms with Gasteiger partial charge in [0.25, 0.3) is 0 Å². The summed E-state index contributed by atoms with van der Waals surface area (Å²) >= 11 is 0. The van der Waals surface area contributed by atoms with Crippen LogP contribution in [0.1, 0.15) is 25.5 Å². The number of methoxy groups -OCH3 is 2. The molecule has 0 bridgehead atoms. The van der Waals surface area contributed by atoms with Crippen molar-refractivity contribution in [1.82, 2.24) is 5.32 Å². The Morgan fingerprint density at radius 3 is 2.35 bits per heavy atom. The molecule has 1 aromatic carbocycles. The van der Waals surface area contributed by atoms with Gasteiger partial charge in [0.2, 0.25) is 0 Å². The Morgan fingerprint density at radius 2 is 1.82 bits per heavy atom. The highest BCUT2D eigenvalue weighted by atomic mass is 16.5. The maximum absolute atomic E-state index is 6.10. The molecule has 0 spiro atoms. The standard InChI is InChI=1S/C13H22N2O2/c1-9(2)15-8-11(14)10-5-6-12(16-3)13(7-10)17-4/h5-7,9,11,15H,8,14H2,1-4H3. The van der Waals surface area contributed by atoms with Crippen LogP contribution in [0.4, 0.5) is 0 Å². The molecule has 0 saturated heterocycles. The molecule has 0 aliphatic rings. The fourth-order valence-electron chi connectivity index (χ4n) is 1.56. The molecule has 1 aromatic rings. The molecule has 17 heavy (non-hydrogen) atoms. The van der Waals surface area contributed by atoms with Gasteiger partial charge in [-0.1, -0.05) is 19.9 Å². The van der Waals surface area contributed by atoms with Crippen LogP contribution in [0, 0.1) is 0 Å². The molecule has 4 nitrogen and oxygen atoms in total. The van der Waals surface area contributed by atoms with Crippen molar-refractivity contribution in [1.29, 1.82) is 0 Å². The lowest BCUT2D eigenvalue weighted by Crippen LogP contribution is -2.31. The van der Waals surface area contributed by atoms with E-state index in [-0.39, 0.29) is 6.04 Å². The summed E-state index contributed by atoms with van der Waals surface area (Å²) in [5.74, 6) is 1.44. The van der Waals surface area contributed by atoms with Crippen LogP contribution in [-0.4, -0.2) is 26.8 Å². The zero-order valence-electron chi connectivity index (χ0n) is 11.0. The van der Waals surface area contributed by atoms with Crippen LogP contribution in [-0.2, 0) is 0 Å². The number of benzene rings is 1. The van der Waals surface area contributed by atoms with E-state index in [1.165, 1.54) is 0 Å². The molecule has 96 valence electrons. The molecule has 4 heteroatoms. The summed E-state index contributed by atoms with van der Waals surface area (Å²) < 4.78 is 10.4. The highest BCUT2D eigenvalue weighted by Crippen LogP contribution is 2.29. The Morgan fingerprint density at radius 1 is 1.18 bits per heavy atom. The van der Waals surface area contributed by atoms with E-state index in [1.807, 2.05) is 18.2 Å². The number of hydrogen-bond acceptors (Lipinski definition) is 4. The molecule has 0 radical (unpaired) electrons. The first-order valence-corrected chi connectivity index (χ1v) is 5.79. The zero-order chi connectivity index (χ0) is 12.8. The van der Waals surface area contributed by atoms with E-state index in [2.05, 4.69) is 19.2 Å². The molecule has 1 atom stereocenters. The lowest BCUT2D eigenvalue weighted by Gasteiger charge is -2.17. The van der Waals surface area contributed by atoms with Gasteiger partial charge in [0.1, 0.15) is 0 Å². The van der Waals surface area contributed by atoms with Crippen LogP contribution in [0.2, 0.25) is 0 Å². The van der Waals surface area contributed by atoms with Crippen LogP contribution < -0.4 is 20.5 Å². The summed E-state index contributed by atoms with van der Waals surface area (Å²) in [7, 11) is 3.25. The number of nitrogens with two attached hydrogens (primary N) is 1. The van der Waals surface area contributed by atoms with E-state index in [1.54, 1.807) is 14.2 Å². The minimum Gasteiger partial charge on any atom is -0.493 e. The van der Waals surface area contributed by atoms with Crippen LogP contribution in [0.15, 0.2) is 18.2 Å². The van der Waals surface area contributed by atoms with Crippen LogP contribution in [0.3, 0.4) is 0 Å². The van der Waals surface area contributed by atoms with Gasteiger partial charge in [0.05, 0.1) is 14.2 Å². The molecule has 0 heterocycles. The second kappa shape index (κ2) is 6.47. The maximum Gasteiger partial charge on any atom is 0.161 e. The summed E-state index contributed by atoms with van der Waals surface area (Å²) in [5.41, 5.74) is 7.14. The lowest BCUT2D eigenvalue weighted by atomic mass is 10.1. The third-order valence-electron chi connectivity index (χ3n) is 2.58. The zero-order valence-corrected chi connectivity index (χ0v) is 11.0.